The molecule has 6 aromatic heterocycles. The molecule has 6 N–H and O–H groups in total. The number of nitrogens with zero attached hydrogens (tertiary/aromatic N) is 9. The molecule has 0 atom stereocenters. The molecule has 0 aliphatic heterocycles. The summed E-state index contributed by atoms with van der Waals surface area (Å²) in [6.07, 6.45) is 25.1. The quantitative estimate of drug-likeness (QED) is 0.0634. The van der Waals surface area contributed by atoms with Gasteiger partial charge in [0.25, 0.3) is 11.8 Å². The molecule has 0 unspecified atom stereocenters. The van der Waals surface area contributed by atoms with E-state index < -0.39 is 13.1 Å². The number of aromatic nitrogens is 9. The summed E-state index contributed by atoms with van der Waals surface area (Å²) >= 11 is 15.9. The second-order valence-electron chi connectivity index (χ2n) is 18.1. The molecule has 462 valence electrons. The molecular weight excluding hydrogens is 1490 g/mol. The zero-order valence-corrected chi connectivity index (χ0v) is 58.7. The predicted molar refractivity (Wildman–Crippen MR) is 368 cm³/mol. The number of benzene rings is 2. The van der Waals surface area contributed by atoms with Gasteiger partial charge in [0, 0.05) is 65.4 Å². The van der Waals surface area contributed by atoms with Crippen LogP contribution in [0.1, 0.15) is 109 Å². The van der Waals surface area contributed by atoms with Gasteiger partial charge in [0.2, 0.25) is 0 Å². The monoisotopic (exact) mass is 1550 g/mol. The molecule has 2 aromatic carbocycles. The van der Waals surface area contributed by atoms with Gasteiger partial charge < -0.3 is 56.0 Å². The van der Waals surface area contributed by atoms with E-state index >= 15 is 0 Å². The molecule has 3 saturated carbocycles. The Bertz CT molecular complexity index is 4220. The van der Waals surface area contributed by atoms with Gasteiger partial charge >= 0.3 is 50.8 Å². The van der Waals surface area contributed by atoms with Crippen LogP contribution in [0.3, 0.4) is 0 Å². The average molecular weight is 1550 g/mol. The van der Waals surface area contributed by atoms with Crippen LogP contribution >= 0.6 is 68.4 Å². The minimum Gasteiger partial charge on any atom is -1.00 e. The number of terminal acetylenes is 1. The number of rotatable bonds is 8. The van der Waals surface area contributed by atoms with Gasteiger partial charge in [-0.05, 0) is 254 Å². The molecule has 26 heteroatoms. The molecular formula is C65H59BCaCl4I2N12O6. The summed E-state index contributed by atoms with van der Waals surface area (Å²) in [5.74, 6) is 34.9. The van der Waals surface area contributed by atoms with Gasteiger partial charge in [-0.25, -0.2) is 33.3 Å². The summed E-state index contributed by atoms with van der Waals surface area (Å²) in [6.45, 7) is 9.27. The third-order valence-electron chi connectivity index (χ3n) is 11.3. The molecule has 0 saturated heterocycles. The maximum atomic E-state index is 12.6. The first-order valence-electron chi connectivity index (χ1n) is 26.5. The van der Waals surface area contributed by atoms with Crippen molar-refractivity contribution in [3.05, 3.63) is 137 Å². The first-order valence-corrected chi connectivity index (χ1v) is 29.4. The van der Waals surface area contributed by atoms with Gasteiger partial charge in [0.05, 0.1) is 19.3 Å². The van der Waals surface area contributed by atoms with E-state index in [1.807, 2.05) is 47.7 Å². The number of carbonyl (C=O) groups is 3. The Morgan fingerprint density at radius 1 is 0.637 bits per heavy atom. The van der Waals surface area contributed by atoms with Crippen molar-refractivity contribution in [1.82, 2.24) is 54.4 Å². The van der Waals surface area contributed by atoms with Gasteiger partial charge in [0.15, 0.2) is 34.0 Å². The van der Waals surface area contributed by atoms with Crippen LogP contribution in [0.2, 0.25) is 10.0 Å². The van der Waals surface area contributed by atoms with Crippen LogP contribution in [0.15, 0.2) is 91.8 Å². The zero-order valence-electron chi connectivity index (χ0n) is 49.2. The summed E-state index contributed by atoms with van der Waals surface area (Å²) in [5, 5.41) is 37.6. The summed E-state index contributed by atoms with van der Waals surface area (Å²) < 4.78 is 11.2. The van der Waals surface area contributed by atoms with Gasteiger partial charge in [0.1, 0.15) is 0 Å². The summed E-state index contributed by atoms with van der Waals surface area (Å²) in [6, 6.07) is 17.1. The van der Waals surface area contributed by atoms with Crippen LogP contribution in [0.5, 0.6) is 0 Å². The first kappa shape index (κ1) is 82.0. The van der Waals surface area contributed by atoms with E-state index in [-0.39, 0.29) is 87.8 Å². The van der Waals surface area contributed by atoms with Gasteiger partial charge in [-0.2, -0.15) is 15.3 Å². The first-order chi connectivity index (χ1) is 42.0. The fourth-order valence-electron chi connectivity index (χ4n) is 6.82. The van der Waals surface area contributed by atoms with Gasteiger partial charge in [-0.1, -0.05) is 54.6 Å². The number of nitrogens with two attached hydrogens (primary N) is 1. The number of carbonyl (C=O) groups excluding carboxylic acids is 3. The molecule has 3 aliphatic carbocycles. The van der Waals surface area contributed by atoms with Crippen LogP contribution in [0, 0.1) is 117 Å². The van der Waals surface area contributed by atoms with E-state index in [9.17, 15) is 14.4 Å². The number of nitrogens with one attached hydrogen (secondary N) is 2. The number of hydrogen-bond acceptors (Lipinski definition) is 13. The number of amides is 2. The fraction of sp³-hybridized carbons (Fsp3) is 0.246. The topological polar surface area (TPSA) is 242 Å². The third-order valence-corrected chi connectivity index (χ3v) is 13.8. The second kappa shape index (κ2) is 43.7. The number of esters is 1. The van der Waals surface area contributed by atoms with E-state index in [1.165, 1.54) is 12.8 Å². The van der Waals surface area contributed by atoms with E-state index in [1.54, 1.807) is 115 Å². The number of fused-ring (bicyclic) bond motifs is 3. The van der Waals surface area contributed by atoms with Crippen molar-refractivity contribution >= 4 is 153 Å². The smallest absolute Gasteiger partial charge is 1.00 e. The maximum Gasteiger partial charge on any atom is 2.00 e. The Morgan fingerprint density at radius 3 is 1.40 bits per heavy atom. The Labute approximate surface area is 610 Å². The van der Waals surface area contributed by atoms with Crippen molar-refractivity contribution in [2.24, 2.45) is 5.73 Å². The van der Waals surface area contributed by atoms with Crippen molar-refractivity contribution in [3.8, 4) is 107 Å². The maximum absolute atomic E-state index is 12.6. The van der Waals surface area contributed by atoms with E-state index in [0.717, 1.165) is 57.2 Å². The summed E-state index contributed by atoms with van der Waals surface area (Å²) in [7, 11) is -1.41. The standard InChI is InChI=1S/C17H15ClN4O.C16H6.C10H9IN4O.C9H8IN3O2.C7H8BClO2.C3H7N.C2H2.CH4.Ca.2ClH/c1-10-9-11(18)3-6-13(10)14-15(17(23)20-12-4-5-12)21-22-8-2-7-19-16(14)22;1-3-5-7-9-11-13-15-16-14-12-10-8-6-4-2;11-7-8(10(16)13-6-2-3-6)14-15-5-1-4-12-9(7)15;1-2-15-9(14)7-6(10)8-11-4-3-5-13(8)12-7;1-5-4-6(9)2-3-7(5)8(10)11;4-3-1-2-3;1-2;;;;/h2-3,6-9,12H,4-5H2,1H3,(H,20,23);1-2H3;1,4-6H,2-3H2,(H,13,16);3-5H,2H2,1H3;2-4,10-11H,1H3;3H,1-2,4H2;1-2H;1H4;;2*1H/q;;;;;;;;+2;;/p-2. The molecule has 8 aromatic rings. The van der Waals surface area contributed by atoms with Crippen LogP contribution in [0.25, 0.3) is 28.1 Å². The minimum atomic E-state index is -1.41. The van der Waals surface area contributed by atoms with Crippen molar-refractivity contribution in [3.63, 3.8) is 0 Å². The van der Waals surface area contributed by atoms with Crippen molar-refractivity contribution in [2.75, 3.05) is 6.61 Å². The van der Waals surface area contributed by atoms with Crippen molar-refractivity contribution in [1.29, 1.82) is 0 Å². The Hall–Kier alpha value is -6.99. The molecule has 11 rings (SSSR count). The largest absolute Gasteiger partial charge is 2.00 e. The molecule has 3 aliphatic rings. The summed E-state index contributed by atoms with van der Waals surface area (Å²) in [4.78, 5) is 48.7. The Morgan fingerprint density at radius 2 is 1.01 bits per heavy atom. The van der Waals surface area contributed by atoms with Crippen LogP contribution in [-0.2, 0) is 4.74 Å². The minimum absolute atomic E-state index is 0. The Balaban J connectivity index is 0.000000559. The third kappa shape index (κ3) is 27.4. The zero-order chi connectivity index (χ0) is 63.3. The Kier molecular flexibility index (Phi) is 39.4. The number of halogens is 6. The van der Waals surface area contributed by atoms with Crippen molar-refractivity contribution < 1.29 is 54.0 Å². The summed E-state index contributed by atoms with van der Waals surface area (Å²) in [5.41, 5.74) is 12.4. The molecule has 3 fully saturated rings. The molecule has 2 amide bonds. The van der Waals surface area contributed by atoms with E-state index in [4.69, 9.17) is 43.7 Å². The molecule has 0 radical (unpaired) electrons. The fourth-order valence-corrected chi connectivity index (χ4v) is 8.73. The average Bonchev–Trinajstić information content (AvgIpc) is 1.67. The predicted octanol–water partition coefficient (Wildman–Crippen LogP) is 1.99. The second-order valence-corrected chi connectivity index (χ2v) is 21.1. The van der Waals surface area contributed by atoms with E-state index in [0.29, 0.717) is 66.1 Å². The molecule has 18 nitrogen and oxygen atoms in total. The van der Waals surface area contributed by atoms with Gasteiger partial charge in [-0.15, -0.1) is 12.8 Å². The SMILES string of the molecule is C.C#C.CC#CC#CC#CC#CC#CC#CC#CC.CCOC(=O)c1nn2cccnc2c1I.Cc1cc(Cl)ccc1-c1c(C(=O)NC2CC2)nn2cccnc12.Cc1cc(Cl)ccc1B(O)O.NC1CC1.O=C(NC1CC1)c1nn2cccnc2c1I.[Ca+2].[Cl-].[Cl-]. The molecule has 91 heavy (non-hydrogen) atoms. The number of ether oxygens (including phenoxy) is 1. The van der Waals surface area contributed by atoms with E-state index in [2.05, 4.69) is 159 Å². The molecule has 0 spiro atoms. The molecule has 6 heterocycles. The molecule has 0 bridgehead atoms. The van der Waals surface area contributed by atoms with Crippen LogP contribution < -0.4 is 46.6 Å². The van der Waals surface area contributed by atoms with Crippen molar-refractivity contribution in [2.45, 2.75) is 98.7 Å². The van der Waals surface area contributed by atoms with Crippen LogP contribution in [0.4, 0.5) is 0 Å². The van der Waals surface area contributed by atoms with Gasteiger partial charge in [-0.3, -0.25) is 9.59 Å². The number of aryl methyl sites for hydroxylation is 2. The number of hydrogen-bond donors (Lipinski definition) is 5. The van der Waals surface area contributed by atoms with Crippen LogP contribution in [-0.4, -0.2) is 141 Å². The normalized spacial score (nSPS) is 11.1.